The zero-order chi connectivity index (χ0) is 14.6. The van der Waals surface area contributed by atoms with E-state index in [0.29, 0.717) is 0 Å². The van der Waals surface area contributed by atoms with Crippen LogP contribution in [-0.2, 0) is 14.3 Å². The van der Waals surface area contributed by atoms with Crippen LogP contribution in [0.4, 0.5) is 0 Å². The van der Waals surface area contributed by atoms with Gasteiger partial charge in [0.1, 0.15) is 0 Å². The average molecular weight is 258 g/mol. The first-order valence-electron chi connectivity index (χ1n) is 5.97. The molecule has 0 aromatic rings. The van der Waals surface area contributed by atoms with Crippen molar-refractivity contribution in [3.05, 3.63) is 0 Å². The Hall–Kier alpha value is -1.10. The number of carboxylic acid groups (broad SMARTS) is 1. The molecule has 104 valence electrons. The summed E-state index contributed by atoms with van der Waals surface area (Å²) in [5.74, 6) is -2.07. The third-order valence-electron chi connectivity index (χ3n) is 3.91. The first-order chi connectivity index (χ1) is 7.78. The Labute approximate surface area is 107 Å². The molecular formula is C13H22O5. The second kappa shape index (κ2) is 3.70. The van der Waals surface area contributed by atoms with E-state index in [1.807, 2.05) is 0 Å². The first-order valence-corrected chi connectivity index (χ1v) is 5.97. The minimum absolute atomic E-state index is 0.235. The van der Waals surface area contributed by atoms with Gasteiger partial charge in [-0.05, 0) is 0 Å². The number of esters is 1. The largest absolute Gasteiger partial charge is 0.478 e. The molecular weight excluding hydrogens is 236 g/mol. The van der Waals surface area contributed by atoms with Gasteiger partial charge in [0.25, 0.3) is 0 Å². The highest BCUT2D eigenvalue weighted by Crippen LogP contribution is 2.51. The summed E-state index contributed by atoms with van der Waals surface area (Å²) in [7, 11) is 0. The second-order valence-electron chi connectivity index (χ2n) is 7.06. The van der Waals surface area contributed by atoms with Crippen molar-refractivity contribution in [2.75, 3.05) is 0 Å². The fourth-order valence-electron chi connectivity index (χ4n) is 2.14. The van der Waals surface area contributed by atoms with Gasteiger partial charge in [0.15, 0.2) is 5.60 Å². The minimum Gasteiger partial charge on any atom is -0.478 e. The van der Waals surface area contributed by atoms with E-state index in [2.05, 4.69) is 0 Å². The number of hydrogen-bond acceptors (Lipinski definition) is 4. The van der Waals surface area contributed by atoms with Crippen LogP contribution in [0.25, 0.3) is 0 Å². The summed E-state index contributed by atoms with van der Waals surface area (Å²) in [4.78, 5) is 23.5. The standard InChI is InChI=1S/C13H22O5/c1-10(2,3)12(17)7-13(8(14)15,11(4,5)6)18-9(12)16/h17H,7H2,1-6H3,(H,14,15)/t12-,13-/m0/s1. The molecule has 1 rings (SSSR count). The fourth-order valence-corrected chi connectivity index (χ4v) is 2.14. The van der Waals surface area contributed by atoms with Crippen molar-refractivity contribution < 1.29 is 24.5 Å². The van der Waals surface area contributed by atoms with Gasteiger partial charge >= 0.3 is 11.9 Å². The SMILES string of the molecule is CC(C)(C)[C@@]1(C(=O)O)C[C@@](O)(C(C)(C)C)C(=O)O1. The van der Waals surface area contributed by atoms with Gasteiger partial charge in [-0.1, -0.05) is 41.5 Å². The molecule has 0 spiro atoms. The van der Waals surface area contributed by atoms with Crippen LogP contribution in [0.2, 0.25) is 0 Å². The summed E-state index contributed by atoms with van der Waals surface area (Å²) < 4.78 is 5.13. The van der Waals surface area contributed by atoms with E-state index < -0.39 is 34.0 Å². The van der Waals surface area contributed by atoms with Crippen molar-refractivity contribution in [1.29, 1.82) is 0 Å². The summed E-state index contributed by atoms with van der Waals surface area (Å²) in [6, 6.07) is 0. The summed E-state index contributed by atoms with van der Waals surface area (Å²) >= 11 is 0. The van der Waals surface area contributed by atoms with Crippen molar-refractivity contribution in [1.82, 2.24) is 0 Å². The lowest BCUT2D eigenvalue weighted by molar-refractivity contribution is -0.183. The van der Waals surface area contributed by atoms with Gasteiger partial charge in [-0.2, -0.15) is 0 Å². The van der Waals surface area contributed by atoms with Crippen LogP contribution >= 0.6 is 0 Å². The maximum atomic E-state index is 12.0. The van der Waals surface area contributed by atoms with Gasteiger partial charge < -0.3 is 14.9 Å². The number of carbonyl (C=O) groups is 2. The van der Waals surface area contributed by atoms with E-state index in [1.54, 1.807) is 41.5 Å². The fraction of sp³-hybridized carbons (Fsp3) is 0.846. The molecule has 0 aromatic carbocycles. The van der Waals surface area contributed by atoms with Crippen LogP contribution in [-0.4, -0.2) is 33.4 Å². The molecule has 1 fully saturated rings. The van der Waals surface area contributed by atoms with Crippen LogP contribution in [0.3, 0.4) is 0 Å². The van der Waals surface area contributed by atoms with E-state index in [1.165, 1.54) is 0 Å². The number of aliphatic hydroxyl groups is 1. The molecule has 0 bridgehead atoms. The normalized spacial score (nSPS) is 33.4. The third-order valence-corrected chi connectivity index (χ3v) is 3.91. The predicted octanol–water partition coefficient (Wildman–Crippen LogP) is 1.58. The first kappa shape index (κ1) is 15.0. The molecule has 0 aromatic heterocycles. The zero-order valence-electron chi connectivity index (χ0n) is 11.8. The molecule has 1 aliphatic rings. The molecule has 0 unspecified atom stereocenters. The molecule has 2 N–H and O–H groups in total. The second-order valence-corrected chi connectivity index (χ2v) is 7.06. The molecule has 0 amide bonds. The highest BCUT2D eigenvalue weighted by atomic mass is 16.6. The van der Waals surface area contributed by atoms with Gasteiger partial charge in [-0.3, -0.25) is 0 Å². The number of carbonyl (C=O) groups excluding carboxylic acids is 1. The summed E-state index contributed by atoms with van der Waals surface area (Å²) in [5.41, 5.74) is -5.05. The quantitative estimate of drug-likeness (QED) is 0.698. The Morgan fingerprint density at radius 3 is 1.78 bits per heavy atom. The Balaban J connectivity index is 3.34. The molecule has 1 saturated heterocycles. The number of aliphatic carboxylic acids is 1. The molecule has 0 aliphatic carbocycles. The molecule has 5 heteroatoms. The molecule has 2 atom stereocenters. The monoisotopic (exact) mass is 258 g/mol. The summed E-state index contributed by atoms with van der Waals surface area (Å²) in [6.45, 7) is 10.1. The molecule has 1 heterocycles. The van der Waals surface area contributed by atoms with Crippen LogP contribution < -0.4 is 0 Å². The maximum absolute atomic E-state index is 12.0. The maximum Gasteiger partial charge on any atom is 0.348 e. The number of cyclic esters (lactones) is 1. The highest BCUT2D eigenvalue weighted by molar-refractivity contribution is 5.91. The Morgan fingerprint density at radius 1 is 1.17 bits per heavy atom. The third kappa shape index (κ3) is 1.81. The lowest BCUT2D eigenvalue weighted by Gasteiger charge is -2.38. The molecule has 0 saturated carbocycles. The van der Waals surface area contributed by atoms with Crippen molar-refractivity contribution in [3.8, 4) is 0 Å². The van der Waals surface area contributed by atoms with E-state index in [4.69, 9.17) is 4.74 Å². The molecule has 1 aliphatic heterocycles. The lowest BCUT2D eigenvalue weighted by Crippen LogP contribution is -2.52. The van der Waals surface area contributed by atoms with Crippen molar-refractivity contribution >= 4 is 11.9 Å². The topological polar surface area (TPSA) is 83.8 Å². The van der Waals surface area contributed by atoms with E-state index in [-0.39, 0.29) is 6.42 Å². The predicted molar refractivity (Wildman–Crippen MR) is 64.9 cm³/mol. The summed E-state index contributed by atoms with van der Waals surface area (Å²) in [6.07, 6.45) is -0.235. The van der Waals surface area contributed by atoms with Gasteiger partial charge in [0.2, 0.25) is 5.60 Å². The van der Waals surface area contributed by atoms with Crippen LogP contribution in [0.1, 0.15) is 48.0 Å². The highest BCUT2D eigenvalue weighted by Gasteiger charge is 2.68. The van der Waals surface area contributed by atoms with Crippen molar-refractivity contribution in [2.45, 2.75) is 59.2 Å². The number of rotatable bonds is 1. The van der Waals surface area contributed by atoms with E-state index in [0.717, 1.165) is 0 Å². The molecule has 0 radical (unpaired) electrons. The van der Waals surface area contributed by atoms with Crippen molar-refractivity contribution in [3.63, 3.8) is 0 Å². The van der Waals surface area contributed by atoms with Crippen LogP contribution in [0.5, 0.6) is 0 Å². The summed E-state index contributed by atoms with van der Waals surface area (Å²) in [5, 5.41) is 19.9. The van der Waals surface area contributed by atoms with Crippen LogP contribution in [0.15, 0.2) is 0 Å². The number of carboxylic acids is 1. The van der Waals surface area contributed by atoms with E-state index >= 15 is 0 Å². The molecule has 18 heavy (non-hydrogen) atoms. The van der Waals surface area contributed by atoms with Gasteiger partial charge in [0.05, 0.1) is 0 Å². The Morgan fingerprint density at radius 2 is 1.61 bits per heavy atom. The number of ether oxygens (including phenoxy) is 1. The smallest absolute Gasteiger partial charge is 0.348 e. The van der Waals surface area contributed by atoms with Gasteiger partial charge in [-0.15, -0.1) is 0 Å². The molecule has 5 nitrogen and oxygen atoms in total. The van der Waals surface area contributed by atoms with Gasteiger partial charge in [-0.25, -0.2) is 9.59 Å². The van der Waals surface area contributed by atoms with Gasteiger partial charge in [0, 0.05) is 17.3 Å². The Kier molecular flexibility index (Phi) is 3.07. The van der Waals surface area contributed by atoms with Crippen molar-refractivity contribution in [2.24, 2.45) is 10.8 Å². The minimum atomic E-state index is -1.78. The van der Waals surface area contributed by atoms with Crippen LogP contribution in [0, 0.1) is 10.8 Å². The average Bonchev–Trinajstić information content (AvgIpc) is 2.39. The Bertz CT molecular complexity index is 387. The lowest BCUT2D eigenvalue weighted by atomic mass is 9.66. The number of hydrogen-bond donors (Lipinski definition) is 2. The van der Waals surface area contributed by atoms with E-state index in [9.17, 15) is 19.8 Å². The zero-order valence-corrected chi connectivity index (χ0v) is 11.8.